The van der Waals surface area contributed by atoms with Gasteiger partial charge in [-0.2, -0.15) is 0 Å². The van der Waals surface area contributed by atoms with Crippen molar-refractivity contribution >= 4 is 11.6 Å². The minimum atomic E-state index is -0.472. The second-order valence-electron chi connectivity index (χ2n) is 6.59. The Morgan fingerprint density at radius 3 is 2.58 bits per heavy atom. The summed E-state index contributed by atoms with van der Waals surface area (Å²) in [6, 6.07) is 9.98. The topological polar surface area (TPSA) is 51.0 Å². The van der Waals surface area contributed by atoms with Crippen molar-refractivity contribution in [2.45, 2.75) is 19.3 Å². The molecule has 5 nitrogen and oxygen atoms in total. The Morgan fingerprint density at radius 2 is 1.83 bits per heavy atom. The maximum Gasteiger partial charge on any atom is 0.236 e. The SMILES string of the molecule is CN1C(=O)C(C)(C)c2ccc(-n3cnc(-c4ccncc4)c3)cc21. The molecular weight excluding hydrogens is 300 g/mol. The first-order chi connectivity index (χ1) is 11.5. The number of benzene rings is 1. The molecule has 4 rings (SSSR count). The number of anilines is 1. The Kier molecular flexibility index (Phi) is 3.06. The normalized spacial score (nSPS) is 15.6. The highest BCUT2D eigenvalue weighted by molar-refractivity contribution is 6.07. The summed E-state index contributed by atoms with van der Waals surface area (Å²) in [5.41, 5.74) is 4.45. The highest BCUT2D eigenvalue weighted by Gasteiger charge is 2.42. The highest BCUT2D eigenvalue weighted by atomic mass is 16.2. The lowest BCUT2D eigenvalue weighted by molar-refractivity contribution is -0.121. The van der Waals surface area contributed by atoms with Gasteiger partial charge in [0.25, 0.3) is 0 Å². The summed E-state index contributed by atoms with van der Waals surface area (Å²) in [6.07, 6.45) is 7.29. The number of fused-ring (bicyclic) bond motifs is 1. The number of hydrogen-bond donors (Lipinski definition) is 0. The molecule has 0 spiro atoms. The molecule has 3 aromatic rings. The lowest BCUT2D eigenvalue weighted by Crippen LogP contribution is -2.33. The molecule has 0 saturated carbocycles. The fraction of sp³-hybridized carbons (Fsp3) is 0.211. The van der Waals surface area contributed by atoms with Crippen molar-refractivity contribution in [2.24, 2.45) is 0 Å². The summed E-state index contributed by atoms with van der Waals surface area (Å²) in [7, 11) is 1.83. The van der Waals surface area contributed by atoms with Crippen LogP contribution >= 0.6 is 0 Å². The number of pyridine rings is 1. The van der Waals surface area contributed by atoms with Gasteiger partial charge in [0.05, 0.1) is 17.4 Å². The van der Waals surface area contributed by atoms with Crippen molar-refractivity contribution in [3.05, 3.63) is 60.8 Å². The predicted octanol–water partition coefficient (Wildman–Crippen LogP) is 3.19. The fourth-order valence-corrected chi connectivity index (χ4v) is 3.27. The molecule has 0 aliphatic carbocycles. The number of carbonyl (C=O) groups is 1. The first-order valence-corrected chi connectivity index (χ1v) is 7.86. The van der Waals surface area contributed by atoms with Crippen LogP contribution in [0.15, 0.2) is 55.2 Å². The molecule has 0 bridgehead atoms. The van der Waals surface area contributed by atoms with E-state index in [-0.39, 0.29) is 5.91 Å². The van der Waals surface area contributed by atoms with Crippen molar-refractivity contribution in [3.63, 3.8) is 0 Å². The first-order valence-electron chi connectivity index (χ1n) is 7.86. The molecular formula is C19H18N4O. The standard InChI is InChI=1S/C19H18N4O/c1-19(2)15-5-4-14(10-17(15)22(3)18(19)24)23-11-16(21-12-23)13-6-8-20-9-7-13/h4-12H,1-3H3. The van der Waals surface area contributed by atoms with Crippen LogP contribution in [0.25, 0.3) is 16.9 Å². The van der Waals surface area contributed by atoms with Crippen LogP contribution in [0.2, 0.25) is 0 Å². The molecule has 2 aromatic heterocycles. The minimum Gasteiger partial charge on any atom is -0.314 e. The molecule has 0 fully saturated rings. The number of aromatic nitrogens is 3. The second kappa shape index (κ2) is 5.03. The van der Waals surface area contributed by atoms with E-state index in [9.17, 15) is 4.79 Å². The molecule has 1 aliphatic rings. The van der Waals surface area contributed by atoms with E-state index in [0.29, 0.717) is 0 Å². The largest absolute Gasteiger partial charge is 0.314 e. The van der Waals surface area contributed by atoms with Gasteiger partial charge in [0.15, 0.2) is 0 Å². The molecule has 0 unspecified atom stereocenters. The molecule has 1 aromatic carbocycles. The van der Waals surface area contributed by atoms with Gasteiger partial charge in [0.1, 0.15) is 0 Å². The van der Waals surface area contributed by atoms with Gasteiger partial charge in [0, 0.05) is 42.6 Å². The summed E-state index contributed by atoms with van der Waals surface area (Å²) < 4.78 is 1.97. The Balaban J connectivity index is 1.75. The molecule has 0 saturated heterocycles. The van der Waals surface area contributed by atoms with Gasteiger partial charge in [-0.15, -0.1) is 0 Å². The fourth-order valence-electron chi connectivity index (χ4n) is 3.27. The highest BCUT2D eigenvalue weighted by Crippen LogP contribution is 2.41. The zero-order valence-electron chi connectivity index (χ0n) is 13.9. The zero-order valence-corrected chi connectivity index (χ0v) is 13.9. The van der Waals surface area contributed by atoms with Crippen LogP contribution in [-0.4, -0.2) is 27.5 Å². The summed E-state index contributed by atoms with van der Waals surface area (Å²) in [5.74, 6) is 0.123. The lowest BCUT2D eigenvalue weighted by atomic mass is 9.86. The van der Waals surface area contributed by atoms with Crippen LogP contribution in [0.4, 0.5) is 5.69 Å². The van der Waals surface area contributed by atoms with Crippen molar-refractivity contribution in [1.82, 2.24) is 14.5 Å². The smallest absolute Gasteiger partial charge is 0.236 e. The molecule has 0 atom stereocenters. The zero-order chi connectivity index (χ0) is 16.9. The van der Waals surface area contributed by atoms with Gasteiger partial charge in [-0.1, -0.05) is 6.07 Å². The number of carbonyl (C=O) groups excluding carboxylic acids is 1. The summed E-state index contributed by atoms with van der Waals surface area (Å²) in [4.78, 5) is 22.7. The summed E-state index contributed by atoms with van der Waals surface area (Å²) in [6.45, 7) is 3.94. The molecule has 1 aliphatic heterocycles. The van der Waals surface area contributed by atoms with Crippen LogP contribution in [0.5, 0.6) is 0 Å². The van der Waals surface area contributed by atoms with E-state index in [0.717, 1.165) is 28.2 Å². The lowest BCUT2D eigenvalue weighted by Gasteiger charge is -2.16. The van der Waals surface area contributed by atoms with Crippen molar-refractivity contribution in [3.8, 4) is 16.9 Å². The van der Waals surface area contributed by atoms with E-state index in [1.807, 2.05) is 62.0 Å². The Labute approximate surface area is 140 Å². The van der Waals surface area contributed by atoms with E-state index in [4.69, 9.17) is 0 Å². The van der Waals surface area contributed by atoms with Gasteiger partial charge in [-0.25, -0.2) is 4.98 Å². The number of hydrogen-bond acceptors (Lipinski definition) is 3. The third-order valence-corrected chi connectivity index (χ3v) is 4.71. The van der Waals surface area contributed by atoms with Crippen molar-refractivity contribution in [2.75, 3.05) is 11.9 Å². The Morgan fingerprint density at radius 1 is 1.08 bits per heavy atom. The quantitative estimate of drug-likeness (QED) is 0.729. The van der Waals surface area contributed by atoms with Crippen LogP contribution in [0, 0.1) is 0 Å². The molecule has 0 radical (unpaired) electrons. The molecule has 0 N–H and O–H groups in total. The molecule has 24 heavy (non-hydrogen) atoms. The van der Waals surface area contributed by atoms with Crippen LogP contribution in [0.1, 0.15) is 19.4 Å². The predicted molar refractivity (Wildman–Crippen MR) is 93.2 cm³/mol. The molecule has 120 valence electrons. The number of amides is 1. The Bertz CT molecular complexity index is 928. The van der Waals surface area contributed by atoms with E-state index in [2.05, 4.69) is 9.97 Å². The van der Waals surface area contributed by atoms with E-state index in [1.54, 1.807) is 23.6 Å². The number of nitrogens with zero attached hydrogens (tertiary/aromatic N) is 4. The van der Waals surface area contributed by atoms with Crippen molar-refractivity contribution in [1.29, 1.82) is 0 Å². The van der Waals surface area contributed by atoms with Crippen LogP contribution < -0.4 is 4.90 Å². The molecule has 3 heterocycles. The van der Waals surface area contributed by atoms with Gasteiger partial charge in [-0.05, 0) is 43.7 Å². The second-order valence-corrected chi connectivity index (χ2v) is 6.59. The number of rotatable bonds is 2. The maximum atomic E-state index is 12.4. The average Bonchev–Trinajstić information content (AvgIpc) is 3.16. The Hall–Kier alpha value is -2.95. The number of imidazole rings is 1. The monoisotopic (exact) mass is 318 g/mol. The number of likely N-dealkylation sites (N-methyl/N-ethyl adjacent to an activating group) is 1. The summed E-state index contributed by atoms with van der Waals surface area (Å²) in [5, 5.41) is 0. The van der Waals surface area contributed by atoms with Gasteiger partial charge in [0.2, 0.25) is 5.91 Å². The van der Waals surface area contributed by atoms with Gasteiger partial charge >= 0.3 is 0 Å². The third-order valence-electron chi connectivity index (χ3n) is 4.71. The summed E-state index contributed by atoms with van der Waals surface area (Å²) >= 11 is 0. The van der Waals surface area contributed by atoms with Gasteiger partial charge in [-0.3, -0.25) is 9.78 Å². The van der Waals surface area contributed by atoms with Crippen molar-refractivity contribution < 1.29 is 4.79 Å². The average molecular weight is 318 g/mol. The van der Waals surface area contributed by atoms with Crippen LogP contribution in [-0.2, 0) is 10.2 Å². The van der Waals surface area contributed by atoms with Gasteiger partial charge < -0.3 is 9.47 Å². The first kappa shape index (κ1) is 14.6. The minimum absolute atomic E-state index is 0.123. The van der Waals surface area contributed by atoms with E-state index < -0.39 is 5.41 Å². The molecule has 1 amide bonds. The maximum absolute atomic E-state index is 12.4. The van der Waals surface area contributed by atoms with Crippen LogP contribution in [0.3, 0.4) is 0 Å². The molecule has 5 heteroatoms. The van der Waals surface area contributed by atoms with E-state index >= 15 is 0 Å². The van der Waals surface area contributed by atoms with E-state index in [1.165, 1.54) is 0 Å². The third kappa shape index (κ3) is 2.05.